The summed E-state index contributed by atoms with van der Waals surface area (Å²) >= 11 is 0. The molecule has 0 atom stereocenters. The van der Waals surface area contributed by atoms with E-state index < -0.39 is 0 Å². The lowest BCUT2D eigenvalue weighted by atomic mass is 10.1. The molecule has 0 saturated carbocycles. The number of hydrogen-bond acceptors (Lipinski definition) is 4. The quantitative estimate of drug-likeness (QED) is 0.411. The van der Waals surface area contributed by atoms with E-state index in [2.05, 4.69) is 37.9 Å². The van der Waals surface area contributed by atoms with Crippen LogP contribution in [0.4, 0.5) is 0 Å². The molecule has 1 aliphatic rings. The predicted molar refractivity (Wildman–Crippen MR) is 120 cm³/mol. The van der Waals surface area contributed by atoms with Crippen molar-refractivity contribution in [2.24, 2.45) is 0 Å². The Morgan fingerprint density at radius 2 is 1.48 bits per heavy atom. The van der Waals surface area contributed by atoms with Gasteiger partial charge in [0.05, 0.1) is 22.5 Å². The van der Waals surface area contributed by atoms with Crippen LogP contribution in [-0.2, 0) is 6.54 Å². The first kappa shape index (κ1) is 21.0. The number of fused-ring (bicyclic) bond motifs is 1. The van der Waals surface area contributed by atoms with Gasteiger partial charge in [-0.15, -0.1) is 0 Å². The summed E-state index contributed by atoms with van der Waals surface area (Å²) in [4.78, 5) is 28.6. The van der Waals surface area contributed by atoms with E-state index in [0.29, 0.717) is 17.7 Å². The van der Waals surface area contributed by atoms with Gasteiger partial charge in [0.1, 0.15) is 0 Å². The Balaban J connectivity index is 1.30. The van der Waals surface area contributed by atoms with Gasteiger partial charge in [0.2, 0.25) is 0 Å². The highest BCUT2D eigenvalue weighted by molar-refractivity contribution is 6.21. The van der Waals surface area contributed by atoms with E-state index in [-0.39, 0.29) is 11.8 Å². The topological polar surface area (TPSA) is 58.4 Å². The van der Waals surface area contributed by atoms with Gasteiger partial charge in [0.25, 0.3) is 11.8 Å². The zero-order chi connectivity index (χ0) is 22.0. The summed E-state index contributed by atoms with van der Waals surface area (Å²) in [5, 5.41) is 4.73. The number of unbranched alkanes of at least 4 members (excludes halogenated alkanes) is 1. The largest absolute Gasteiger partial charge is 0.302 e. The first-order valence-corrected chi connectivity index (χ1v) is 10.7. The molecule has 0 bridgehead atoms. The van der Waals surface area contributed by atoms with Gasteiger partial charge in [-0.05, 0) is 64.5 Å². The van der Waals surface area contributed by atoms with E-state index in [1.54, 1.807) is 24.3 Å². The van der Waals surface area contributed by atoms with E-state index in [1.165, 1.54) is 10.5 Å². The highest BCUT2D eigenvalue weighted by Gasteiger charge is 2.34. The summed E-state index contributed by atoms with van der Waals surface area (Å²) in [5.74, 6) is -0.345. The first-order valence-electron chi connectivity index (χ1n) is 10.7. The minimum Gasteiger partial charge on any atom is -0.302 e. The molecule has 0 aliphatic carbocycles. The van der Waals surface area contributed by atoms with Crippen molar-refractivity contribution < 1.29 is 9.59 Å². The lowest BCUT2D eigenvalue weighted by Gasteiger charge is -2.18. The summed E-state index contributed by atoms with van der Waals surface area (Å²) in [5.41, 5.74) is 5.54. The molecule has 2 heterocycles. The third-order valence-electron chi connectivity index (χ3n) is 5.92. The van der Waals surface area contributed by atoms with Crippen molar-refractivity contribution in [3.63, 3.8) is 0 Å². The molecule has 4 rings (SSSR count). The maximum atomic E-state index is 12.5. The molecule has 160 valence electrons. The van der Waals surface area contributed by atoms with E-state index in [1.807, 2.05) is 22.9 Å². The van der Waals surface area contributed by atoms with Crippen LogP contribution in [0.2, 0.25) is 0 Å². The number of aromatic nitrogens is 2. The fourth-order valence-electron chi connectivity index (χ4n) is 4.17. The van der Waals surface area contributed by atoms with Crippen LogP contribution in [0.3, 0.4) is 0 Å². The van der Waals surface area contributed by atoms with Crippen molar-refractivity contribution in [3.05, 3.63) is 82.7 Å². The van der Waals surface area contributed by atoms with E-state index in [0.717, 1.165) is 43.0 Å². The molecule has 31 heavy (non-hydrogen) atoms. The van der Waals surface area contributed by atoms with Gasteiger partial charge in [0, 0.05) is 24.3 Å². The maximum Gasteiger partial charge on any atom is 0.261 e. The Kier molecular flexibility index (Phi) is 6.00. The van der Waals surface area contributed by atoms with Gasteiger partial charge in [0.15, 0.2) is 0 Å². The second-order valence-corrected chi connectivity index (χ2v) is 8.15. The predicted octanol–water partition coefficient (Wildman–Crippen LogP) is 4.00. The van der Waals surface area contributed by atoms with Crippen molar-refractivity contribution in [2.75, 3.05) is 20.1 Å². The average molecular weight is 417 g/mol. The van der Waals surface area contributed by atoms with Gasteiger partial charge in [-0.25, -0.2) is 4.68 Å². The Labute approximate surface area is 183 Å². The Morgan fingerprint density at radius 1 is 0.871 bits per heavy atom. The third kappa shape index (κ3) is 4.16. The first-order chi connectivity index (χ1) is 15.0. The molecule has 6 nitrogen and oxygen atoms in total. The monoisotopic (exact) mass is 416 g/mol. The summed E-state index contributed by atoms with van der Waals surface area (Å²) < 4.78 is 2.00. The number of nitrogens with zero attached hydrogens (tertiary/aromatic N) is 4. The molecule has 0 unspecified atom stereocenters. The number of carbonyl (C=O) groups is 2. The van der Waals surface area contributed by atoms with Gasteiger partial charge < -0.3 is 4.90 Å². The standard InChI is InChI=1S/C25H28N4O2/c1-18-23(19(2)29(26-18)20-11-5-4-6-12-20)17-27(3)15-9-10-16-28-24(30)21-13-7-8-14-22(21)25(28)31/h4-8,11-14H,9-10,15-17H2,1-3H3. The number of benzene rings is 2. The molecule has 0 radical (unpaired) electrons. The number of imide groups is 1. The molecule has 6 heteroatoms. The van der Waals surface area contributed by atoms with Crippen LogP contribution in [-0.4, -0.2) is 51.5 Å². The van der Waals surface area contributed by atoms with Crippen molar-refractivity contribution in [3.8, 4) is 5.69 Å². The zero-order valence-electron chi connectivity index (χ0n) is 18.3. The Bertz CT molecular complexity index is 1070. The molecule has 2 amide bonds. The van der Waals surface area contributed by atoms with E-state index in [4.69, 9.17) is 5.10 Å². The van der Waals surface area contributed by atoms with Gasteiger partial charge in [-0.1, -0.05) is 30.3 Å². The van der Waals surface area contributed by atoms with E-state index >= 15 is 0 Å². The maximum absolute atomic E-state index is 12.5. The minimum absolute atomic E-state index is 0.173. The molecule has 0 fully saturated rings. The smallest absolute Gasteiger partial charge is 0.261 e. The summed E-state index contributed by atoms with van der Waals surface area (Å²) in [6.07, 6.45) is 1.70. The summed E-state index contributed by atoms with van der Waals surface area (Å²) in [7, 11) is 2.10. The van der Waals surface area contributed by atoms with Gasteiger partial charge in [-0.3, -0.25) is 14.5 Å². The number of rotatable bonds is 8. The minimum atomic E-state index is -0.173. The number of aryl methyl sites for hydroxylation is 1. The molecule has 0 saturated heterocycles. The molecular formula is C25H28N4O2. The van der Waals surface area contributed by atoms with Gasteiger partial charge in [-0.2, -0.15) is 5.10 Å². The van der Waals surface area contributed by atoms with Gasteiger partial charge >= 0.3 is 0 Å². The fraction of sp³-hybridized carbons (Fsp3) is 0.320. The van der Waals surface area contributed by atoms with Crippen LogP contribution in [0, 0.1) is 13.8 Å². The normalized spacial score (nSPS) is 13.4. The zero-order valence-corrected chi connectivity index (χ0v) is 18.3. The molecule has 3 aromatic rings. The van der Waals surface area contributed by atoms with Crippen molar-refractivity contribution in [1.82, 2.24) is 19.6 Å². The van der Waals surface area contributed by atoms with Crippen LogP contribution < -0.4 is 0 Å². The highest BCUT2D eigenvalue weighted by atomic mass is 16.2. The molecule has 2 aromatic carbocycles. The number of hydrogen-bond donors (Lipinski definition) is 0. The lowest BCUT2D eigenvalue weighted by molar-refractivity contribution is 0.0650. The molecule has 1 aromatic heterocycles. The molecular weight excluding hydrogens is 388 g/mol. The number of amides is 2. The lowest BCUT2D eigenvalue weighted by Crippen LogP contribution is -2.31. The second kappa shape index (κ2) is 8.86. The van der Waals surface area contributed by atoms with Crippen LogP contribution in [0.5, 0.6) is 0 Å². The Hall–Kier alpha value is -3.25. The molecule has 1 aliphatic heterocycles. The fourth-order valence-corrected chi connectivity index (χ4v) is 4.17. The summed E-state index contributed by atoms with van der Waals surface area (Å²) in [6, 6.07) is 17.2. The van der Waals surface area contributed by atoms with Crippen molar-refractivity contribution >= 4 is 11.8 Å². The number of carbonyl (C=O) groups excluding carboxylic acids is 2. The third-order valence-corrected chi connectivity index (χ3v) is 5.92. The second-order valence-electron chi connectivity index (χ2n) is 8.15. The highest BCUT2D eigenvalue weighted by Crippen LogP contribution is 2.23. The van der Waals surface area contributed by atoms with Crippen LogP contribution in [0.25, 0.3) is 5.69 Å². The van der Waals surface area contributed by atoms with Crippen molar-refractivity contribution in [2.45, 2.75) is 33.2 Å². The molecule has 0 N–H and O–H groups in total. The SMILES string of the molecule is Cc1nn(-c2ccccc2)c(C)c1CN(C)CCCCN1C(=O)c2ccccc2C1=O. The van der Waals surface area contributed by atoms with Crippen LogP contribution in [0.1, 0.15) is 50.5 Å². The van der Waals surface area contributed by atoms with E-state index in [9.17, 15) is 9.59 Å². The molecule has 0 spiro atoms. The summed E-state index contributed by atoms with van der Waals surface area (Å²) in [6.45, 7) is 6.33. The van der Waals surface area contributed by atoms with Crippen molar-refractivity contribution in [1.29, 1.82) is 0 Å². The Morgan fingerprint density at radius 3 is 2.13 bits per heavy atom. The van der Waals surface area contributed by atoms with Crippen LogP contribution >= 0.6 is 0 Å². The number of para-hydroxylation sites is 1. The van der Waals surface area contributed by atoms with Crippen LogP contribution in [0.15, 0.2) is 54.6 Å². The average Bonchev–Trinajstić information content (AvgIpc) is 3.20.